The first kappa shape index (κ1) is 18.3. The van der Waals surface area contributed by atoms with Crippen LogP contribution in [0.25, 0.3) is 10.9 Å². The van der Waals surface area contributed by atoms with Crippen molar-refractivity contribution in [3.8, 4) is 5.75 Å². The zero-order valence-electron chi connectivity index (χ0n) is 15.5. The third-order valence-electron chi connectivity index (χ3n) is 4.46. The van der Waals surface area contributed by atoms with Gasteiger partial charge in [-0.25, -0.2) is 0 Å². The number of methoxy groups -OCH3 is 1. The van der Waals surface area contributed by atoms with Crippen LogP contribution in [-0.2, 0) is 6.42 Å². The molecular formula is C21H19N3O3S. The lowest BCUT2D eigenvalue weighted by Crippen LogP contribution is -2.13. The zero-order valence-corrected chi connectivity index (χ0v) is 16.3. The molecule has 0 amide bonds. The van der Waals surface area contributed by atoms with Crippen LogP contribution in [0.5, 0.6) is 5.75 Å². The quantitative estimate of drug-likeness (QED) is 0.367. The van der Waals surface area contributed by atoms with Crippen molar-refractivity contribution >= 4 is 28.4 Å². The Morgan fingerprint density at radius 3 is 2.75 bits per heavy atom. The molecule has 0 aliphatic carbocycles. The normalized spacial score (nSPS) is 12.2. The Labute approximate surface area is 166 Å². The van der Waals surface area contributed by atoms with Crippen LogP contribution in [-0.4, -0.2) is 33.3 Å². The predicted molar refractivity (Wildman–Crippen MR) is 108 cm³/mol. The highest BCUT2D eigenvalue weighted by atomic mass is 32.2. The summed E-state index contributed by atoms with van der Waals surface area (Å²) in [5.74, 6) is 1.34. The van der Waals surface area contributed by atoms with Crippen LogP contribution in [0, 0.1) is 0 Å². The number of rotatable bonds is 7. The van der Waals surface area contributed by atoms with E-state index in [-0.39, 0.29) is 11.0 Å². The van der Waals surface area contributed by atoms with E-state index in [2.05, 4.69) is 15.2 Å². The Morgan fingerprint density at radius 1 is 1.18 bits per heavy atom. The summed E-state index contributed by atoms with van der Waals surface area (Å²) < 4.78 is 10.9. The van der Waals surface area contributed by atoms with Crippen LogP contribution < -0.4 is 4.74 Å². The number of thioether (sulfide) groups is 1. The van der Waals surface area contributed by atoms with E-state index in [0.29, 0.717) is 23.1 Å². The van der Waals surface area contributed by atoms with Gasteiger partial charge in [0, 0.05) is 22.7 Å². The Morgan fingerprint density at radius 2 is 1.96 bits per heavy atom. The molecule has 0 spiro atoms. The van der Waals surface area contributed by atoms with Crippen LogP contribution in [0.3, 0.4) is 0 Å². The van der Waals surface area contributed by atoms with Crippen LogP contribution in [0.2, 0.25) is 0 Å². The van der Waals surface area contributed by atoms with Gasteiger partial charge in [0.1, 0.15) is 5.75 Å². The predicted octanol–water partition coefficient (Wildman–Crippen LogP) is 4.51. The first-order valence-electron chi connectivity index (χ1n) is 8.86. The summed E-state index contributed by atoms with van der Waals surface area (Å²) in [6.07, 6.45) is 2.29. The number of carbonyl (C=O) groups is 1. The average molecular weight is 393 g/mol. The molecule has 2 aromatic heterocycles. The summed E-state index contributed by atoms with van der Waals surface area (Å²) in [4.78, 5) is 16.0. The highest BCUT2D eigenvalue weighted by Gasteiger charge is 2.22. The van der Waals surface area contributed by atoms with Crippen molar-refractivity contribution in [3.63, 3.8) is 0 Å². The fourth-order valence-corrected chi connectivity index (χ4v) is 3.74. The van der Waals surface area contributed by atoms with Gasteiger partial charge in [-0.15, -0.1) is 10.2 Å². The number of aromatic nitrogens is 3. The number of nitrogens with zero attached hydrogens (tertiary/aromatic N) is 2. The number of hydrogen-bond acceptors (Lipinski definition) is 6. The molecule has 1 N–H and O–H groups in total. The third-order valence-corrected chi connectivity index (χ3v) is 5.40. The molecular weight excluding hydrogens is 374 g/mol. The SMILES string of the molecule is COc1ccc(Cc2nnc(S[C@H](C)C(=O)c3c[nH]c4ccccc34)o2)cc1. The molecule has 4 aromatic rings. The number of aromatic amines is 1. The topological polar surface area (TPSA) is 81.0 Å². The molecule has 6 nitrogen and oxygen atoms in total. The van der Waals surface area contributed by atoms with E-state index >= 15 is 0 Å². The van der Waals surface area contributed by atoms with Gasteiger partial charge in [-0.2, -0.15) is 0 Å². The minimum absolute atomic E-state index is 0.0253. The van der Waals surface area contributed by atoms with Gasteiger partial charge in [-0.1, -0.05) is 42.1 Å². The van der Waals surface area contributed by atoms with E-state index in [1.807, 2.05) is 55.5 Å². The number of benzene rings is 2. The molecule has 0 aliphatic heterocycles. The number of ether oxygens (including phenoxy) is 1. The number of carbonyl (C=O) groups excluding carboxylic acids is 1. The van der Waals surface area contributed by atoms with Crippen LogP contribution in [0.15, 0.2) is 64.4 Å². The van der Waals surface area contributed by atoms with Gasteiger partial charge in [0.05, 0.1) is 18.8 Å². The van der Waals surface area contributed by atoms with Crippen molar-refractivity contribution in [2.24, 2.45) is 0 Å². The Hall–Kier alpha value is -3.06. The largest absolute Gasteiger partial charge is 0.497 e. The van der Waals surface area contributed by atoms with Crippen molar-refractivity contribution in [2.45, 2.75) is 23.8 Å². The van der Waals surface area contributed by atoms with Crippen LogP contribution >= 0.6 is 11.8 Å². The second-order valence-corrected chi connectivity index (χ2v) is 7.65. The number of fused-ring (bicyclic) bond motifs is 1. The fourth-order valence-electron chi connectivity index (χ4n) is 2.97. The highest BCUT2D eigenvalue weighted by Crippen LogP contribution is 2.28. The monoisotopic (exact) mass is 393 g/mol. The van der Waals surface area contributed by atoms with Crippen molar-refractivity contribution in [2.75, 3.05) is 7.11 Å². The molecule has 0 fully saturated rings. The van der Waals surface area contributed by atoms with Crippen LogP contribution in [0.4, 0.5) is 0 Å². The lowest BCUT2D eigenvalue weighted by Gasteiger charge is -2.06. The molecule has 4 rings (SSSR count). The third kappa shape index (κ3) is 3.80. The van der Waals surface area contributed by atoms with E-state index in [1.165, 1.54) is 11.8 Å². The highest BCUT2D eigenvalue weighted by molar-refractivity contribution is 8.00. The summed E-state index contributed by atoms with van der Waals surface area (Å²) in [7, 11) is 1.63. The minimum atomic E-state index is -0.339. The van der Waals surface area contributed by atoms with Gasteiger partial charge in [-0.05, 0) is 30.7 Å². The van der Waals surface area contributed by atoms with Crippen LogP contribution in [0.1, 0.15) is 28.7 Å². The second kappa shape index (κ2) is 7.90. The average Bonchev–Trinajstić information content (AvgIpc) is 3.35. The number of hydrogen-bond donors (Lipinski definition) is 1. The molecule has 0 aliphatic rings. The van der Waals surface area contributed by atoms with Crippen molar-refractivity contribution < 1.29 is 13.9 Å². The Kier molecular flexibility index (Phi) is 5.16. The standard InChI is InChI=1S/C21H19N3O3S/c1-13(20(25)17-12-22-18-6-4-3-5-16(17)18)28-21-24-23-19(27-21)11-14-7-9-15(26-2)10-8-14/h3-10,12-13,22H,11H2,1-2H3/t13-/m1/s1. The van der Waals surface area contributed by atoms with Gasteiger partial charge in [-0.3, -0.25) is 4.79 Å². The van der Waals surface area contributed by atoms with Gasteiger partial charge in [0.25, 0.3) is 5.22 Å². The number of para-hydroxylation sites is 1. The first-order chi connectivity index (χ1) is 13.6. The number of nitrogens with one attached hydrogen (secondary N) is 1. The van der Waals surface area contributed by atoms with Crippen molar-refractivity contribution in [1.29, 1.82) is 0 Å². The summed E-state index contributed by atoms with van der Waals surface area (Å²) in [6.45, 7) is 1.85. The molecule has 142 valence electrons. The number of H-pyrrole nitrogens is 1. The molecule has 0 saturated carbocycles. The summed E-state index contributed by atoms with van der Waals surface area (Å²) in [6, 6.07) is 15.5. The van der Waals surface area contributed by atoms with E-state index in [9.17, 15) is 4.79 Å². The van der Waals surface area contributed by atoms with E-state index in [0.717, 1.165) is 22.2 Å². The molecule has 2 heterocycles. The van der Waals surface area contributed by atoms with Gasteiger partial charge >= 0.3 is 0 Å². The fraction of sp³-hybridized carbons (Fsp3) is 0.190. The van der Waals surface area contributed by atoms with E-state index in [4.69, 9.17) is 9.15 Å². The van der Waals surface area contributed by atoms with Gasteiger partial charge in [0.2, 0.25) is 5.89 Å². The maximum atomic E-state index is 12.8. The summed E-state index contributed by atoms with van der Waals surface area (Å²) in [5.41, 5.74) is 2.67. The molecule has 0 radical (unpaired) electrons. The molecule has 2 aromatic carbocycles. The zero-order chi connectivity index (χ0) is 19.5. The van der Waals surface area contributed by atoms with Gasteiger partial charge < -0.3 is 14.1 Å². The maximum absolute atomic E-state index is 12.8. The molecule has 28 heavy (non-hydrogen) atoms. The summed E-state index contributed by atoms with van der Waals surface area (Å²) in [5, 5.41) is 9.14. The van der Waals surface area contributed by atoms with E-state index < -0.39 is 0 Å². The van der Waals surface area contributed by atoms with Crippen molar-refractivity contribution in [1.82, 2.24) is 15.2 Å². The minimum Gasteiger partial charge on any atom is -0.497 e. The number of ketones is 1. The van der Waals surface area contributed by atoms with Crippen molar-refractivity contribution in [3.05, 3.63) is 71.7 Å². The molecule has 0 saturated heterocycles. The molecule has 7 heteroatoms. The smallest absolute Gasteiger partial charge is 0.277 e. The summed E-state index contributed by atoms with van der Waals surface area (Å²) >= 11 is 1.27. The molecule has 0 unspecified atom stereocenters. The molecule has 0 bridgehead atoms. The lowest BCUT2D eigenvalue weighted by atomic mass is 10.1. The Bertz CT molecular complexity index is 1100. The van der Waals surface area contributed by atoms with E-state index in [1.54, 1.807) is 13.3 Å². The van der Waals surface area contributed by atoms with Gasteiger partial charge in [0.15, 0.2) is 5.78 Å². The molecule has 1 atom stereocenters. The second-order valence-electron chi connectivity index (χ2n) is 6.36. The maximum Gasteiger partial charge on any atom is 0.277 e. The number of Topliss-reactive ketones (excluding diaryl/α,β-unsaturated/α-hetero) is 1. The lowest BCUT2D eigenvalue weighted by molar-refractivity contribution is 0.0995. The Balaban J connectivity index is 1.43. The first-order valence-corrected chi connectivity index (χ1v) is 9.74.